The van der Waals surface area contributed by atoms with E-state index in [2.05, 4.69) is 17.0 Å². The van der Waals surface area contributed by atoms with Gasteiger partial charge in [-0.05, 0) is 49.6 Å². The van der Waals surface area contributed by atoms with Gasteiger partial charge in [0.1, 0.15) is 0 Å². The minimum Gasteiger partial charge on any atom is -0.313 e. The van der Waals surface area contributed by atoms with E-state index in [4.69, 9.17) is 0 Å². The Labute approximate surface area is 135 Å². The van der Waals surface area contributed by atoms with Crippen LogP contribution in [-0.4, -0.2) is 27.5 Å². The zero-order chi connectivity index (χ0) is 15.2. The first-order valence-electron chi connectivity index (χ1n) is 7.29. The maximum atomic E-state index is 12.3. The minimum absolute atomic E-state index is 0. The van der Waals surface area contributed by atoms with Crippen molar-refractivity contribution in [3.05, 3.63) is 29.3 Å². The number of hydrogen-bond donors (Lipinski definition) is 2. The van der Waals surface area contributed by atoms with Gasteiger partial charge in [0.05, 0.1) is 4.90 Å². The molecule has 0 saturated heterocycles. The number of aryl methyl sites for hydroxylation is 2. The SMILES string of the molecule is CCN[C@H](C)CNS(=O)(=O)c1ccc(CC)c(CC)c1.Cl. The number of halogens is 1. The molecule has 1 atom stereocenters. The molecule has 0 heterocycles. The van der Waals surface area contributed by atoms with Gasteiger partial charge in [-0.2, -0.15) is 0 Å². The number of likely N-dealkylation sites (N-methyl/N-ethyl adjacent to an activating group) is 1. The van der Waals surface area contributed by atoms with E-state index in [1.54, 1.807) is 12.1 Å². The molecule has 0 aliphatic rings. The molecule has 1 aromatic rings. The van der Waals surface area contributed by atoms with Crippen molar-refractivity contribution >= 4 is 22.4 Å². The lowest BCUT2D eigenvalue weighted by molar-refractivity contribution is 0.536. The van der Waals surface area contributed by atoms with Crippen LogP contribution < -0.4 is 10.0 Å². The Balaban J connectivity index is 0.00000400. The molecule has 0 aliphatic carbocycles. The van der Waals surface area contributed by atoms with Crippen LogP contribution in [0.5, 0.6) is 0 Å². The zero-order valence-electron chi connectivity index (χ0n) is 13.3. The quantitative estimate of drug-likeness (QED) is 0.768. The molecule has 2 N–H and O–H groups in total. The summed E-state index contributed by atoms with van der Waals surface area (Å²) in [4.78, 5) is 0.357. The van der Waals surface area contributed by atoms with E-state index in [0.717, 1.165) is 24.9 Å². The van der Waals surface area contributed by atoms with Gasteiger partial charge >= 0.3 is 0 Å². The number of sulfonamides is 1. The summed E-state index contributed by atoms with van der Waals surface area (Å²) in [6.07, 6.45) is 1.77. The van der Waals surface area contributed by atoms with Crippen LogP contribution >= 0.6 is 12.4 Å². The second-order valence-corrected chi connectivity index (χ2v) is 6.72. The molecule has 0 unspecified atom stereocenters. The van der Waals surface area contributed by atoms with Gasteiger partial charge in [0.2, 0.25) is 10.0 Å². The monoisotopic (exact) mass is 334 g/mol. The van der Waals surface area contributed by atoms with Gasteiger partial charge in [0, 0.05) is 12.6 Å². The molecule has 1 rings (SSSR count). The predicted molar refractivity (Wildman–Crippen MR) is 90.8 cm³/mol. The molecule has 0 saturated carbocycles. The van der Waals surface area contributed by atoms with Crippen molar-refractivity contribution in [1.29, 1.82) is 0 Å². The normalized spacial score (nSPS) is 12.8. The standard InChI is InChI=1S/C15H26N2O2S.ClH/c1-5-13-8-9-15(10-14(13)6-2)20(18,19)17-11-12(4)16-7-3;/h8-10,12,16-17H,5-7,11H2,1-4H3;1H/t12-;/m1./s1. The molecule has 0 radical (unpaired) electrons. The molecule has 21 heavy (non-hydrogen) atoms. The summed E-state index contributed by atoms with van der Waals surface area (Å²) in [7, 11) is -3.42. The Morgan fingerprint density at radius 1 is 1.10 bits per heavy atom. The first-order valence-corrected chi connectivity index (χ1v) is 8.77. The van der Waals surface area contributed by atoms with Crippen LogP contribution in [0.3, 0.4) is 0 Å². The van der Waals surface area contributed by atoms with Gasteiger partial charge in [-0.15, -0.1) is 12.4 Å². The minimum atomic E-state index is -3.42. The highest BCUT2D eigenvalue weighted by atomic mass is 35.5. The lowest BCUT2D eigenvalue weighted by atomic mass is 10.0. The number of benzene rings is 1. The average Bonchev–Trinajstić information content (AvgIpc) is 2.44. The Bertz CT molecular complexity index is 532. The van der Waals surface area contributed by atoms with Gasteiger partial charge in [0.25, 0.3) is 0 Å². The summed E-state index contributed by atoms with van der Waals surface area (Å²) in [6.45, 7) is 9.32. The largest absolute Gasteiger partial charge is 0.313 e. The fraction of sp³-hybridized carbons (Fsp3) is 0.600. The van der Waals surface area contributed by atoms with Crippen LogP contribution in [0.25, 0.3) is 0 Å². The van der Waals surface area contributed by atoms with Crippen molar-refractivity contribution in [3.63, 3.8) is 0 Å². The highest BCUT2D eigenvalue weighted by molar-refractivity contribution is 7.89. The predicted octanol–water partition coefficient (Wildman–Crippen LogP) is 2.51. The van der Waals surface area contributed by atoms with E-state index in [1.807, 2.05) is 26.8 Å². The van der Waals surface area contributed by atoms with E-state index in [0.29, 0.717) is 11.4 Å². The van der Waals surface area contributed by atoms with Gasteiger partial charge in [-0.25, -0.2) is 13.1 Å². The smallest absolute Gasteiger partial charge is 0.240 e. The average molecular weight is 335 g/mol. The van der Waals surface area contributed by atoms with Crippen molar-refractivity contribution in [3.8, 4) is 0 Å². The molecule has 0 aliphatic heterocycles. The van der Waals surface area contributed by atoms with E-state index in [9.17, 15) is 8.42 Å². The molecule has 0 spiro atoms. The fourth-order valence-electron chi connectivity index (χ4n) is 2.18. The lowest BCUT2D eigenvalue weighted by Crippen LogP contribution is -2.38. The van der Waals surface area contributed by atoms with E-state index >= 15 is 0 Å². The third kappa shape index (κ3) is 5.94. The van der Waals surface area contributed by atoms with Crippen LogP contribution in [0, 0.1) is 0 Å². The highest BCUT2D eigenvalue weighted by Gasteiger charge is 2.16. The maximum Gasteiger partial charge on any atom is 0.240 e. The van der Waals surface area contributed by atoms with Crippen molar-refractivity contribution in [2.45, 2.75) is 51.5 Å². The number of rotatable bonds is 8. The second-order valence-electron chi connectivity index (χ2n) is 4.95. The van der Waals surface area contributed by atoms with Crippen LogP contribution in [0.4, 0.5) is 0 Å². The van der Waals surface area contributed by atoms with Gasteiger partial charge in [0.15, 0.2) is 0 Å². The third-order valence-corrected chi connectivity index (χ3v) is 4.80. The van der Waals surface area contributed by atoms with Gasteiger partial charge in [-0.3, -0.25) is 0 Å². The van der Waals surface area contributed by atoms with Crippen molar-refractivity contribution in [2.75, 3.05) is 13.1 Å². The summed E-state index contributed by atoms with van der Waals surface area (Å²) < 4.78 is 27.2. The van der Waals surface area contributed by atoms with Crippen LogP contribution in [0.1, 0.15) is 38.8 Å². The molecule has 0 aromatic heterocycles. The van der Waals surface area contributed by atoms with E-state index in [1.165, 1.54) is 5.56 Å². The summed E-state index contributed by atoms with van der Waals surface area (Å²) in [5.41, 5.74) is 2.32. The molecular formula is C15H27ClN2O2S. The Kier molecular flexibility index (Phi) is 9.13. The lowest BCUT2D eigenvalue weighted by Gasteiger charge is -2.14. The molecule has 0 bridgehead atoms. The topological polar surface area (TPSA) is 58.2 Å². The molecule has 0 amide bonds. The van der Waals surface area contributed by atoms with E-state index < -0.39 is 10.0 Å². The fourth-order valence-corrected chi connectivity index (χ4v) is 3.36. The Morgan fingerprint density at radius 2 is 1.71 bits per heavy atom. The Hall–Kier alpha value is -0.620. The third-order valence-electron chi connectivity index (χ3n) is 3.38. The van der Waals surface area contributed by atoms with Crippen molar-refractivity contribution < 1.29 is 8.42 Å². The number of nitrogens with one attached hydrogen (secondary N) is 2. The number of hydrogen-bond acceptors (Lipinski definition) is 3. The first kappa shape index (κ1) is 20.4. The summed E-state index contributed by atoms with van der Waals surface area (Å²) >= 11 is 0. The van der Waals surface area contributed by atoms with E-state index in [-0.39, 0.29) is 18.4 Å². The van der Waals surface area contributed by atoms with Crippen LogP contribution in [-0.2, 0) is 22.9 Å². The second kappa shape index (κ2) is 9.41. The summed E-state index contributed by atoms with van der Waals surface area (Å²) in [5, 5.41) is 3.18. The van der Waals surface area contributed by atoms with Crippen molar-refractivity contribution in [1.82, 2.24) is 10.0 Å². The van der Waals surface area contributed by atoms with Crippen LogP contribution in [0.2, 0.25) is 0 Å². The molecule has 6 heteroatoms. The maximum absolute atomic E-state index is 12.3. The first-order chi connectivity index (χ1) is 9.44. The Morgan fingerprint density at radius 3 is 2.24 bits per heavy atom. The zero-order valence-corrected chi connectivity index (χ0v) is 14.9. The molecule has 4 nitrogen and oxygen atoms in total. The summed E-state index contributed by atoms with van der Waals surface area (Å²) in [5.74, 6) is 0. The van der Waals surface area contributed by atoms with Gasteiger partial charge in [-0.1, -0.05) is 26.8 Å². The van der Waals surface area contributed by atoms with Gasteiger partial charge < -0.3 is 5.32 Å². The summed E-state index contributed by atoms with van der Waals surface area (Å²) in [6, 6.07) is 5.52. The molecule has 0 fully saturated rings. The molecule has 1 aromatic carbocycles. The molecule has 122 valence electrons. The van der Waals surface area contributed by atoms with Crippen LogP contribution in [0.15, 0.2) is 23.1 Å². The highest BCUT2D eigenvalue weighted by Crippen LogP contribution is 2.17. The van der Waals surface area contributed by atoms with Crippen molar-refractivity contribution in [2.24, 2.45) is 0 Å². The molecular weight excluding hydrogens is 308 g/mol.